The Hall–Kier alpha value is -1.76. The van der Waals surface area contributed by atoms with E-state index in [1.54, 1.807) is 11.1 Å². The molecule has 0 N–H and O–H groups in total. The fourth-order valence-corrected chi connectivity index (χ4v) is 4.88. The number of rotatable bonds is 11. The van der Waals surface area contributed by atoms with Crippen molar-refractivity contribution in [2.45, 2.75) is 92.9 Å². The van der Waals surface area contributed by atoms with Gasteiger partial charge in [0.15, 0.2) is 0 Å². The predicted molar refractivity (Wildman–Crippen MR) is 136 cm³/mol. The van der Waals surface area contributed by atoms with Crippen molar-refractivity contribution in [1.82, 2.24) is 0 Å². The average Bonchev–Trinajstić information content (AvgIpc) is 2.73. The minimum atomic E-state index is 0.675. The topological polar surface area (TPSA) is 3.24 Å². The van der Waals surface area contributed by atoms with Crippen LogP contribution in [0.2, 0.25) is 0 Å². The van der Waals surface area contributed by atoms with Gasteiger partial charge in [0.25, 0.3) is 0 Å². The van der Waals surface area contributed by atoms with Crippen LogP contribution in [0.1, 0.15) is 90.3 Å². The van der Waals surface area contributed by atoms with Gasteiger partial charge in [-0.1, -0.05) is 69.6 Å². The van der Waals surface area contributed by atoms with Gasteiger partial charge in [-0.15, -0.1) is 0 Å². The van der Waals surface area contributed by atoms with E-state index >= 15 is 0 Å². The summed E-state index contributed by atoms with van der Waals surface area (Å²) in [5, 5.41) is 0. The zero-order valence-corrected chi connectivity index (χ0v) is 20.8. The highest BCUT2D eigenvalue weighted by atomic mass is 15.1. The molecule has 0 aliphatic heterocycles. The Morgan fingerprint density at radius 1 is 1.07 bits per heavy atom. The minimum Gasteiger partial charge on any atom is -0.370 e. The van der Waals surface area contributed by atoms with E-state index < -0.39 is 0 Å². The fraction of sp³-hybridized carbons (Fsp3) is 0.586. The lowest BCUT2D eigenvalue weighted by Crippen LogP contribution is -2.22. The Morgan fingerprint density at radius 2 is 1.80 bits per heavy atom. The molecule has 166 valence electrons. The average molecular weight is 408 g/mol. The molecular formula is C29H45N. The van der Waals surface area contributed by atoms with Gasteiger partial charge >= 0.3 is 0 Å². The number of benzene rings is 1. The Labute approximate surface area is 187 Å². The largest absolute Gasteiger partial charge is 0.370 e. The van der Waals surface area contributed by atoms with Gasteiger partial charge in [-0.2, -0.15) is 0 Å². The van der Waals surface area contributed by atoms with Gasteiger partial charge in [0.05, 0.1) is 0 Å². The highest BCUT2D eigenvalue weighted by Gasteiger charge is 2.17. The SMILES string of the molecule is CC/C=C(/C)C(CCC)Cc1cc(CC)c(N(C)CC2=CCCC(C)=C2)cc1CC. The van der Waals surface area contributed by atoms with Gasteiger partial charge < -0.3 is 4.90 Å². The first-order valence-corrected chi connectivity index (χ1v) is 12.3. The van der Waals surface area contributed by atoms with Crippen molar-refractivity contribution in [3.8, 4) is 0 Å². The smallest absolute Gasteiger partial charge is 0.0423 e. The summed E-state index contributed by atoms with van der Waals surface area (Å²) >= 11 is 0. The summed E-state index contributed by atoms with van der Waals surface area (Å²) in [6.45, 7) is 14.8. The number of allylic oxidation sites excluding steroid dienone is 4. The number of anilines is 1. The number of nitrogens with zero attached hydrogens (tertiary/aromatic N) is 1. The van der Waals surface area contributed by atoms with Crippen LogP contribution in [0.5, 0.6) is 0 Å². The molecule has 1 aromatic rings. The molecule has 0 aromatic heterocycles. The molecule has 0 saturated heterocycles. The zero-order chi connectivity index (χ0) is 22.1. The van der Waals surface area contributed by atoms with Crippen LogP contribution >= 0.6 is 0 Å². The minimum absolute atomic E-state index is 0.675. The summed E-state index contributed by atoms with van der Waals surface area (Å²) in [4.78, 5) is 2.47. The maximum atomic E-state index is 2.53. The third-order valence-corrected chi connectivity index (χ3v) is 6.64. The molecule has 1 heteroatoms. The molecule has 0 heterocycles. The van der Waals surface area contributed by atoms with Crippen molar-refractivity contribution >= 4 is 5.69 Å². The molecule has 0 radical (unpaired) electrons. The van der Waals surface area contributed by atoms with Crippen molar-refractivity contribution < 1.29 is 0 Å². The molecular weight excluding hydrogens is 362 g/mol. The summed E-state index contributed by atoms with van der Waals surface area (Å²) in [7, 11) is 2.26. The zero-order valence-electron chi connectivity index (χ0n) is 20.8. The Morgan fingerprint density at radius 3 is 2.40 bits per heavy atom. The number of likely N-dealkylation sites (N-methyl/N-ethyl adjacent to an activating group) is 1. The van der Waals surface area contributed by atoms with Gasteiger partial charge in [-0.3, -0.25) is 0 Å². The summed E-state index contributed by atoms with van der Waals surface area (Å²) in [6.07, 6.45) is 16.7. The van der Waals surface area contributed by atoms with Crippen LogP contribution in [0, 0.1) is 5.92 Å². The van der Waals surface area contributed by atoms with Crippen LogP contribution < -0.4 is 4.90 Å². The Bertz CT molecular complexity index is 778. The summed E-state index contributed by atoms with van der Waals surface area (Å²) < 4.78 is 0. The van der Waals surface area contributed by atoms with E-state index in [0.29, 0.717) is 5.92 Å². The maximum Gasteiger partial charge on any atom is 0.0423 e. The van der Waals surface area contributed by atoms with E-state index in [1.165, 1.54) is 60.1 Å². The second kappa shape index (κ2) is 12.2. The molecule has 1 aliphatic carbocycles. The van der Waals surface area contributed by atoms with E-state index in [-0.39, 0.29) is 0 Å². The third kappa shape index (κ3) is 6.62. The second-order valence-corrected chi connectivity index (χ2v) is 9.17. The molecule has 1 nitrogen and oxygen atoms in total. The van der Waals surface area contributed by atoms with Gasteiger partial charge in [-0.25, -0.2) is 0 Å². The van der Waals surface area contributed by atoms with Crippen molar-refractivity contribution in [1.29, 1.82) is 0 Å². The van der Waals surface area contributed by atoms with Gasteiger partial charge in [0.2, 0.25) is 0 Å². The number of hydrogen-bond donors (Lipinski definition) is 0. The highest BCUT2D eigenvalue weighted by Crippen LogP contribution is 2.31. The van der Waals surface area contributed by atoms with Crippen LogP contribution in [0.3, 0.4) is 0 Å². The van der Waals surface area contributed by atoms with Crippen molar-refractivity contribution in [2.24, 2.45) is 5.92 Å². The molecule has 0 spiro atoms. The fourth-order valence-electron chi connectivity index (χ4n) is 4.88. The molecule has 1 aliphatic rings. The Balaban J connectivity index is 2.32. The molecule has 1 aromatic carbocycles. The number of aryl methyl sites for hydroxylation is 2. The summed E-state index contributed by atoms with van der Waals surface area (Å²) in [6, 6.07) is 5.03. The third-order valence-electron chi connectivity index (χ3n) is 6.64. The standard InChI is InChI=1S/C29H45N/c1-8-13-23(6)27(14-9-2)19-28-18-26(11-4)29(20-25(28)10-3)30(7)21-24-16-12-15-22(5)17-24/h13,16-18,20,27H,8-12,14-15,19,21H2,1-7H3/b23-13-. The quantitative estimate of drug-likeness (QED) is 0.334. The molecule has 0 bridgehead atoms. The van der Waals surface area contributed by atoms with Crippen LogP contribution in [0.4, 0.5) is 5.69 Å². The summed E-state index contributed by atoms with van der Waals surface area (Å²) in [5.41, 5.74) is 10.6. The van der Waals surface area contributed by atoms with Crippen molar-refractivity contribution in [3.63, 3.8) is 0 Å². The van der Waals surface area contributed by atoms with E-state index in [9.17, 15) is 0 Å². The monoisotopic (exact) mass is 407 g/mol. The number of hydrogen-bond acceptors (Lipinski definition) is 1. The Kier molecular flexibility index (Phi) is 9.95. The van der Waals surface area contributed by atoms with E-state index in [4.69, 9.17) is 0 Å². The van der Waals surface area contributed by atoms with E-state index in [1.807, 2.05) is 0 Å². The van der Waals surface area contributed by atoms with Gasteiger partial charge in [-0.05, 0) is 93.0 Å². The van der Waals surface area contributed by atoms with Gasteiger partial charge in [0, 0.05) is 19.3 Å². The summed E-state index contributed by atoms with van der Waals surface area (Å²) in [5.74, 6) is 0.675. The molecule has 0 amide bonds. The molecule has 0 saturated carbocycles. The molecule has 2 rings (SSSR count). The lowest BCUT2D eigenvalue weighted by Gasteiger charge is -2.27. The normalized spacial score (nSPS) is 15.6. The lowest BCUT2D eigenvalue weighted by molar-refractivity contribution is 0.544. The first kappa shape index (κ1) is 24.5. The molecule has 1 unspecified atom stereocenters. The predicted octanol–water partition coefficient (Wildman–Crippen LogP) is 8.23. The second-order valence-electron chi connectivity index (χ2n) is 9.17. The van der Waals surface area contributed by atoms with Crippen LogP contribution in [0.15, 0.2) is 47.1 Å². The molecule has 0 fully saturated rings. The molecule has 30 heavy (non-hydrogen) atoms. The van der Waals surface area contributed by atoms with E-state index in [0.717, 1.165) is 25.8 Å². The molecule has 1 atom stereocenters. The van der Waals surface area contributed by atoms with Crippen molar-refractivity contribution in [3.05, 3.63) is 63.8 Å². The highest BCUT2D eigenvalue weighted by molar-refractivity contribution is 5.59. The lowest BCUT2D eigenvalue weighted by atomic mass is 9.85. The first-order chi connectivity index (χ1) is 14.4. The van der Waals surface area contributed by atoms with Crippen LogP contribution in [-0.4, -0.2) is 13.6 Å². The first-order valence-electron chi connectivity index (χ1n) is 12.3. The van der Waals surface area contributed by atoms with Gasteiger partial charge in [0.1, 0.15) is 0 Å². The van der Waals surface area contributed by atoms with Crippen LogP contribution in [0.25, 0.3) is 0 Å². The van der Waals surface area contributed by atoms with Crippen LogP contribution in [-0.2, 0) is 19.3 Å². The maximum absolute atomic E-state index is 2.53. The van der Waals surface area contributed by atoms with Crippen molar-refractivity contribution in [2.75, 3.05) is 18.5 Å². The van der Waals surface area contributed by atoms with E-state index in [2.05, 4.69) is 83.9 Å².